The lowest BCUT2D eigenvalue weighted by molar-refractivity contribution is 0.236. The zero-order valence-corrected chi connectivity index (χ0v) is 15.0. The van der Waals surface area contributed by atoms with Gasteiger partial charge in [0.05, 0.1) is 11.3 Å². The molecule has 0 spiro atoms. The van der Waals surface area contributed by atoms with Crippen LogP contribution in [0.5, 0.6) is 0 Å². The lowest BCUT2D eigenvalue weighted by Crippen LogP contribution is -2.36. The van der Waals surface area contributed by atoms with E-state index < -0.39 is 0 Å². The molecule has 0 radical (unpaired) electrons. The van der Waals surface area contributed by atoms with Gasteiger partial charge >= 0.3 is 0 Å². The first kappa shape index (κ1) is 16.1. The van der Waals surface area contributed by atoms with E-state index in [0.29, 0.717) is 6.54 Å². The molecule has 130 valence electrons. The van der Waals surface area contributed by atoms with Gasteiger partial charge in [-0.1, -0.05) is 32.0 Å². The molecule has 0 amide bonds. The predicted octanol–water partition coefficient (Wildman–Crippen LogP) is 2.94. The van der Waals surface area contributed by atoms with Crippen LogP contribution in [-0.2, 0) is 26.6 Å². The van der Waals surface area contributed by atoms with Crippen molar-refractivity contribution in [2.24, 2.45) is 7.05 Å². The lowest BCUT2D eigenvalue weighted by Gasteiger charge is -2.28. The Bertz CT molecular complexity index is 983. The van der Waals surface area contributed by atoms with Gasteiger partial charge in [-0.05, 0) is 17.5 Å². The summed E-state index contributed by atoms with van der Waals surface area (Å²) in [5.41, 5.74) is 4.34. The van der Waals surface area contributed by atoms with Crippen LogP contribution in [0.3, 0.4) is 0 Å². The van der Waals surface area contributed by atoms with Crippen LogP contribution in [0.4, 0.5) is 0 Å². The van der Waals surface area contributed by atoms with E-state index >= 15 is 0 Å². The van der Waals surface area contributed by atoms with Crippen LogP contribution < -0.4 is 5.56 Å². The highest BCUT2D eigenvalue weighted by molar-refractivity contribution is 5.81. The molecule has 25 heavy (non-hydrogen) atoms. The summed E-state index contributed by atoms with van der Waals surface area (Å²) < 4.78 is 2.25. The first-order chi connectivity index (χ1) is 12.0. The number of nitrogens with zero attached hydrogens (tertiary/aromatic N) is 3. The van der Waals surface area contributed by atoms with Gasteiger partial charge < -0.3 is 9.55 Å². The monoisotopic (exact) mass is 336 g/mol. The predicted molar refractivity (Wildman–Crippen MR) is 99.7 cm³/mol. The van der Waals surface area contributed by atoms with Crippen molar-refractivity contribution in [1.29, 1.82) is 0 Å². The summed E-state index contributed by atoms with van der Waals surface area (Å²) in [5, 5.41) is 1.26. The van der Waals surface area contributed by atoms with Crippen LogP contribution in [-0.4, -0.2) is 26.0 Å². The van der Waals surface area contributed by atoms with E-state index in [2.05, 4.69) is 70.7 Å². The fourth-order valence-electron chi connectivity index (χ4n) is 3.64. The minimum atomic E-state index is 0.0236. The van der Waals surface area contributed by atoms with Crippen molar-refractivity contribution in [3.63, 3.8) is 0 Å². The molecular weight excluding hydrogens is 312 g/mol. The first-order valence-corrected chi connectivity index (χ1v) is 8.90. The second kappa shape index (κ2) is 6.15. The van der Waals surface area contributed by atoms with Gasteiger partial charge in [0.15, 0.2) is 0 Å². The minimum absolute atomic E-state index is 0.0236. The number of hydrogen-bond donors (Lipinski definition) is 1. The number of aryl methyl sites for hydroxylation is 1. The van der Waals surface area contributed by atoms with Crippen LogP contribution in [0, 0.1) is 0 Å². The summed E-state index contributed by atoms with van der Waals surface area (Å²) in [6.07, 6.45) is 0.836. The Labute approximate surface area is 147 Å². The Kier molecular flexibility index (Phi) is 3.96. The molecule has 0 saturated heterocycles. The van der Waals surface area contributed by atoms with Crippen molar-refractivity contribution in [2.75, 3.05) is 6.54 Å². The van der Waals surface area contributed by atoms with E-state index in [1.165, 1.54) is 16.6 Å². The van der Waals surface area contributed by atoms with Gasteiger partial charge in [0.2, 0.25) is 0 Å². The Morgan fingerprint density at radius 2 is 2.08 bits per heavy atom. The fourth-order valence-corrected chi connectivity index (χ4v) is 3.64. The van der Waals surface area contributed by atoms with Crippen molar-refractivity contribution in [3.8, 4) is 0 Å². The Hall–Kier alpha value is -2.40. The topological polar surface area (TPSA) is 53.9 Å². The average molecular weight is 336 g/mol. The average Bonchev–Trinajstić information content (AvgIpc) is 2.91. The Balaban J connectivity index is 1.60. The molecule has 2 aromatic heterocycles. The third-order valence-electron chi connectivity index (χ3n) is 5.15. The Morgan fingerprint density at radius 1 is 1.28 bits per heavy atom. The molecule has 0 saturated carbocycles. The first-order valence-electron chi connectivity index (χ1n) is 8.90. The molecule has 5 nitrogen and oxygen atoms in total. The highest BCUT2D eigenvalue weighted by atomic mass is 16.1. The maximum atomic E-state index is 12.5. The van der Waals surface area contributed by atoms with Gasteiger partial charge in [-0.15, -0.1) is 0 Å². The summed E-state index contributed by atoms with van der Waals surface area (Å²) in [7, 11) is 2.11. The maximum absolute atomic E-state index is 12.5. The molecule has 3 aromatic rings. The molecule has 3 heterocycles. The molecule has 1 N–H and O–H groups in total. The lowest BCUT2D eigenvalue weighted by atomic mass is 10.1. The number of aromatic nitrogens is 3. The smallest absolute Gasteiger partial charge is 0.255 e. The molecule has 4 rings (SSSR count). The van der Waals surface area contributed by atoms with Crippen LogP contribution in [0.15, 0.2) is 35.1 Å². The standard InChI is InChI=1S/C20H24N4O/c1-13(2)19-21-17-8-9-24(12-16(17)20(25)22-19)11-15-10-14-6-4-5-7-18(14)23(15)3/h4-7,10,13H,8-9,11-12H2,1-3H3,(H,21,22,25). The molecule has 1 aromatic carbocycles. The number of rotatable bonds is 3. The number of hydrogen-bond acceptors (Lipinski definition) is 3. The summed E-state index contributed by atoms with van der Waals surface area (Å²) in [4.78, 5) is 22.4. The number of fused-ring (bicyclic) bond motifs is 2. The fraction of sp³-hybridized carbons (Fsp3) is 0.400. The van der Waals surface area contributed by atoms with Crippen molar-refractivity contribution in [1.82, 2.24) is 19.4 Å². The number of benzene rings is 1. The SMILES string of the molecule is CC(C)c1nc2c(c(=O)[nH]1)CN(Cc1cc3ccccc3n1C)CC2. The number of H-pyrrole nitrogens is 1. The molecule has 0 unspecified atom stereocenters. The molecule has 5 heteroatoms. The van der Waals surface area contributed by atoms with Crippen LogP contribution in [0.1, 0.15) is 42.5 Å². The van der Waals surface area contributed by atoms with Crippen molar-refractivity contribution >= 4 is 10.9 Å². The molecule has 0 bridgehead atoms. The van der Waals surface area contributed by atoms with Crippen molar-refractivity contribution in [2.45, 2.75) is 39.3 Å². The highest BCUT2D eigenvalue weighted by Gasteiger charge is 2.22. The van der Waals surface area contributed by atoms with E-state index in [1.807, 2.05) is 0 Å². The summed E-state index contributed by atoms with van der Waals surface area (Å²) in [6.45, 7) is 6.55. The van der Waals surface area contributed by atoms with E-state index in [0.717, 1.165) is 36.6 Å². The second-order valence-electron chi connectivity index (χ2n) is 7.25. The molecular formula is C20H24N4O. The maximum Gasteiger partial charge on any atom is 0.255 e. The van der Waals surface area contributed by atoms with Crippen LogP contribution >= 0.6 is 0 Å². The van der Waals surface area contributed by atoms with Gasteiger partial charge in [-0.25, -0.2) is 4.98 Å². The number of nitrogens with one attached hydrogen (secondary N) is 1. The molecule has 1 aliphatic heterocycles. The third-order valence-corrected chi connectivity index (χ3v) is 5.15. The number of para-hydroxylation sites is 1. The quantitative estimate of drug-likeness (QED) is 0.800. The van der Waals surface area contributed by atoms with Gasteiger partial charge in [0.25, 0.3) is 5.56 Å². The zero-order chi connectivity index (χ0) is 17.6. The molecule has 0 atom stereocenters. The summed E-state index contributed by atoms with van der Waals surface area (Å²) >= 11 is 0. The van der Waals surface area contributed by atoms with E-state index in [1.54, 1.807) is 0 Å². The highest BCUT2D eigenvalue weighted by Crippen LogP contribution is 2.22. The van der Waals surface area contributed by atoms with Gasteiger partial charge in [-0.2, -0.15) is 0 Å². The Morgan fingerprint density at radius 3 is 2.84 bits per heavy atom. The molecule has 0 fully saturated rings. The second-order valence-corrected chi connectivity index (χ2v) is 7.25. The minimum Gasteiger partial charge on any atom is -0.346 e. The van der Waals surface area contributed by atoms with E-state index in [9.17, 15) is 4.79 Å². The molecule has 0 aliphatic carbocycles. The van der Waals surface area contributed by atoms with Gasteiger partial charge in [-0.3, -0.25) is 9.69 Å². The normalized spacial score (nSPS) is 15.0. The van der Waals surface area contributed by atoms with Crippen molar-refractivity contribution < 1.29 is 0 Å². The zero-order valence-electron chi connectivity index (χ0n) is 15.0. The van der Waals surface area contributed by atoms with Crippen LogP contribution in [0.2, 0.25) is 0 Å². The van der Waals surface area contributed by atoms with E-state index in [4.69, 9.17) is 0 Å². The number of aromatic amines is 1. The van der Waals surface area contributed by atoms with E-state index in [-0.39, 0.29) is 11.5 Å². The third kappa shape index (κ3) is 2.89. The van der Waals surface area contributed by atoms with Gasteiger partial charge in [0, 0.05) is 50.2 Å². The molecule has 1 aliphatic rings. The largest absolute Gasteiger partial charge is 0.346 e. The van der Waals surface area contributed by atoms with Gasteiger partial charge in [0.1, 0.15) is 5.82 Å². The van der Waals surface area contributed by atoms with Crippen LogP contribution in [0.25, 0.3) is 10.9 Å². The van der Waals surface area contributed by atoms with Crippen molar-refractivity contribution in [3.05, 3.63) is 63.5 Å². The summed E-state index contributed by atoms with van der Waals surface area (Å²) in [5.74, 6) is 1.04. The summed E-state index contributed by atoms with van der Waals surface area (Å²) in [6, 6.07) is 10.7.